The van der Waals surface area contributed by atoms with Crippen molar-refractivity contribution in [3.63, 3.8) is 0 Å². The molecule has 12 rings (SSSR count). The first-order valence-corrected chi connectivity index (χ1v) is 43.8. The van der Waals surface area contributed by atoms with Gasteiger partial charge in [0.05, 0.1) is 39.8 Å². The van der Waals surface area contributed by atoms with Crippen LogP contribution in [0.15, 0.2) is 55.8 Å². The summed E-state index contributed by atoms with van der Waals surface area (Å²) in [5.74, 6) is 22.0. The van der Waals surface area contributed by atoms with Crippen LogP contribution >= 0.6 is 68.8 Å². The van der Waals surface area contributed by atoms with Gasteiger partial charge in [0, 0.05) is 77.8 Å². The van der Waals surface area contributed by atoms with Crippen molar-refractivity contribution >= 4 is 118 Å². The van der Waals surface area contributed by atoms with E-state index in [4.69, 9.17) is 52.1 Å². The molecule has 0 saturated heterocycles. The Kier molecular flexibility index (Phi) is 38.2. The number of hydrogen-bond donors (Lipinski definition) is 5. The predicted octanol–water partition coefficient (Wildman–Crippen LogP) is 18.0. The monoisotopic (exact) mass is 1590 g/mol. The molecule has 576 valence electrons. The molecule has 25 heteroatoms. The van der Waals surface area contributed by atoms with Crippen LogP contribution in [0.3, 0.4) is 0 Å². The third-order valence-electron chi connectivity index (χ3n) is 20.5. The number of nitrogens with one attached hydrogen (secondary N) is 3. The number of aromatic nitrogens is 6. The summed E-state index contributed by atoms with van der Waals surface area (Å²) in [6.07, 6.45) is 32.5. The number of hydrogen-bond acceptors (Lipinski definition) is 19. The minimum atomic E-state index is -2.12. The van der Waals surface area contributed by atoms with E-state index in [9.17, 15) is 28.7 Å². The van der Waals surface area contributed by atoms with E-state index in [2.05, 4.69) is 165 Å². The van der Waals surface area contributed by atoms with Crippen molar-refractivity contribution in [3.05, 3.63) is 124 Å². The van der Waals surface area contributed by atoms with Crippen LogP contribution in [0.25, 0.3) is 0 Å². The fourth-order valence-electron chi connectivity index (χ4n) is 12.6. The van der Waals surface area contributed by atoms with Crippen molar-refractivity contribution in [1.29, 1.82) is 0 Å². The van der Waals surface area contributed by atoms with Crippen LogP contribution in [0, 0.1) is 96.2 Å². The summed E-state index contributed by atoms with van der Waals surface area (Å²) in [6, 6.07) is 5.94. The number of aliphatic hydroxyl groups excluding tert-OH is 2. The van der Waals surface area contributed by atoms with E-state index in [1.54, 1.807) is 25.4 Å². The molecular formula is C82H110Cl3FLiN9O7S3Si. The van der Waals surface area contributed by atoms with Gasteiger partial charge in [-0.2, -0.15) is 6.42 Å². The Labute approximate surface area is 677 Å². The van der Waals surface area contributed by atoms with Gasteiger partial charge >= 0.3 is 18.9 Å². The number of nitrogens with zero attached hydrogens (tertiary/aromatic N) is 6. The van der Waals surface area contributed by atoms with Gasteiger partial charge in [-0.1, -0.05) is 153 Å². The molecule has 2 unspecified atom stereocenters. The average molecular weight is 1590 g/mol. The van der Waals surface area contributed by atoms with Gasteiger partial charge in [-0.3, -0.25) is 23.6 Å². The van der Waals surface area contributed by atoms with Gasteiger partial charge in [0.25, 0.3) is 0 Å². The molecule has 0 spiro atoms. The number of terminal acetylenes is 1. The largest absolute Gasteiger partial charge is 1.00 e. The molecule has 0 aromatic carbocycles. The van der Waals surface area contributed by atoms with Gasteiger partial charge < -0.3 is 37.5 Å². The van der Waals surface area contributed by atoms with E-state index in [1.165, 1.54) is 68.3 Å². The van der Waals surface area contributed by atoms with Gasteiger partial charge in [0.1, 0.15) is 61.7 Å². The zero-order chi connectivity index (χ0) is 78.7. The first-order valence-electron chi connectivity index (χ1n) is 38.0. The predicted molar refractivity (Wildman–Crippen MR) is 437 cm³/mol. The SMILES string of the molecule is C#CC1CC1.CCO.CC[C@H]1C[C@@H](Nc2ncncc2C(=O)c2cc(C(C#CC3CC3)O[Si](C)(C)C(C)(C)C)c(Cl)s2)C[C@@H]1C.CC[C@H]1C[C@@H](Nc2ncncc2C(=O)c2cc(C(O)C#CC3CC3)c(Cl)s2)C[C@@H]1C.CC[C@H]1C[C@@H](Nc2ncncc2C(=O)c2cc(C=O)c(Cl)s2)C[C@@H]1C.[2H]CF.[CH2-]CCC.[Li+]. The standard InChI is InChI=1S/C29H40ClN3O2SSi.C23H26ClN3O2S.C18H20ClN3O2S.C5H6.C4H9.C2H6O.CH3F.Li/c1-8-20-14-21(13-18(20)2)33-28-23(16-31-17-32-28)26(34)25-15-22(27(30)36-25)24(12-11-19-9-10-19)35-37(6,7)29(3,4)5;1-3-15-9-16(8-13(15)2)27-23-18(11-25-12-26-23)21(29)20-10-17(22(24)30-20)19(28)7-6-14-4-5-14;1-3-11-5-13(4-10(11)2)22-18-14(7-20-9-21-18)16(24)15-6-12(8-23)17(19)25-15;1-2-5-3-4-5;1-3-4-2;1-2-3;1-2;/h15-21,24H,8-10,13-14H2,1-7H3,(H,31,32,33);10-16,19,28H,3-5,8-9H2,1-2H3,(H,25,26,27);6-11,13H,3-5H2,1-2H3,(H,20,21,22);1,5H,3-4H2;1,3-4H2,2H3;3H,2H2,1H3;1H3;/q;;;;-1;;;+1/t18-,20-,21-,24?;13-,15-,16-,19?;10-,11-,13-;;;;;/m000...../s1/i;;;;;;1D;. The normalized spacial score (nSPS) is 21.6. The van der Waals surface area contributed by atoms with Crippen LogP contribution in [0.4, 0.5) is 21.8 Å². The minimum absolute atomic E-state index is 0. The molecule has 0 amide bonds. The van der Waals surface area contributed by atoms with E-state index >= 15 is 0 Å². The molecule has 0 radical (unpaired) electrons. The average Bonchev–Trinajstić information content (AvgIpc) is 1.63. The molecule has 6 aliphatic rings. The van der Waals surface area contributed by atoms with Crippen LogP contribution < -0.4 is 34.8 Å². The first-order chi connectivity index (χ1) is 51.1. The molecule has 6 saturated carbocycles. The van der Waals surface area contributed by atoms with E-state index < -0.39 is 27.7 Å². The summed E-state index contributed by atoms with van der Waals surface area (Å²) in [5, 5.41) is 28.4. The molecule has 0 aliphatic heterocycles. The maximum Gasteiger partial charge on any atom is 1.00 e. The van der Waals surface area contributed by atoms with E-state index in [0.717, 1.165) is 112 Å². The van der Waals surface area contributed by atoms with Crippen LogP contribution in [-0.4, -0.2) is 104 Å². The molecule has 16 nitrogen and oxygen atoms in total. The number of carbonyl (C=O) groups is 4. The minimum Gasteiger partial charge on any atom is -0.399 e. The molecule has 6 fully saturated rings. The van der Waals surface area contributed by atoms with Crippen molar-refractivity contribution in [2.75, 3.05) is 29.7 Å². The molecule has 6 heterocycles. The number of aliphatic hydroxyl groups is 2. The van der Waals surface area contributed by atoms with Gasteiger partial charge in [-0.25, -0.2) is 29.9 Å². The van der Waals surface area contributed by atoms with Crippen molar-refractivity contribution in [3.8, 4) is 36.0 Å². The fraction of sp³-hybridized carbons (Fsp3) is 0.573. The van der Waals surface area contributed by atoms with Crippen molar-refractivity contribution < 1.29 is 58.4 Å². The zero-order valence-electron chi connectivity index (χ0n) is 65.9. The second-order valence-electron chi connectivity index (χ2n) is 29.8. The molecular weight excluding hydrogens is 1480 g/mol. The number of aldehydes is 1. The summed E-state index contributed by atoms with van der Waals surface area (Å²) in [7, 11) is -3.12. The van der Waals surface area contributed by atoms with E-state index in [0.29, 0.717) is 151 Å². The summed E-state index contributed by atoms with van der Waals surface area (Å²) < 4.78 is 23.5. The Bertz CT molecular complexity index is 4020. The number of alkyl halides is 1. The second kappa shape index (κ2) is 45.2. The maximum absolute atomic E-state index is 13.7. The van der Waals surface area contributed by atoms with E-state index in [1.807, 2.05) is 6.07 Å². The molecule has 6 aliphatic carbocycles. The van der Waals surface area contributed by atoms with Crippen molar-refractivity contribution in [2.45, 2.75) is 234 Å². The van der Waals surface area contributed by atoms with Crippen LogP contribution in [0.2, 0.25) is 31.1 Å². The molecule has 0 bridgehead atoms. The third kappa shape index (κ3) is 27.8. The summed E-state index contributed by atoms with van der Waals surface area (Å²) in [5.41, 5.74) is 2.91. The molecule has 5 N–H and O–H groups in total. The Hall–Kier alpha value is -5.41. The number of anilines is 3. The van der Waals surface area contributed by atoms with Gasteiger partial charge in [0.15, 0.2) is 14.6 Å². The Morgan fingerprint density at radius 1 is 0.664 bits per heavy atom. The van der Waals surface area contributed by atoms with Gasteiger partial charge in [0.2, 0.25) is 17.3 Å². The van der Waals surface area contributed by atoms with Gasteiger partial charge in [-0.05, 0) is 156 Å². The second-order valence-corrected chi connectivity index (χ2v) is 39.5. The number of rotatable bonds is 21. The smallest absolute Gasteiger partial charge is 0.399 e. The topological polar surface area (TPSA) is 231 Å². The van der Waals surface area contributed by atoms with Crippen LogP contribution in [-0.2, 0) is 4.43 Å². The zero-order valence-corrected chi connectivity index (χ0v) is 70.6. The number of unbranched alkanes of at least 4 members (excludes halogenated alkanes) is 1. The molecule has 6 aromatic heterocycles. The number of thiophene rings is 3. The Balaban J connectivity index is 0.000000266. The number of halogens is 4. The van der Waals surface area contributed by atoms with E-state index in [-0.39, 0.29) is 47.9 Å². The maximum atomic E-state index is 13.7. The number of carbonyl (C=O) groups excluding carboxylic acids is 4. The fourth-order valence-corrected chi connectivity index (χ4v) is 17.5. The third-order valence-corrected chi connectivity index (χ3v) is 29.1. The molecule has 107 heavy (non-hydrogen) atoms. The number of ketones is 3. The van der Waals surface area contributed by atoms with Crippen molar-refractivity contribution in [1.82, 2.24) is 29.9 Å². The van der Waals surface area contributed by atoms with Gasteiger partial charge in [-0.15, -0.1) is 46.4 Å². The van der Waals surface area contributed by atoms with Crippen LogP contribution in [0.1, 0.15) is 266 Å². The van der Waals surface area contributed by atoms with Crippen molar-refractivity contribution in [2.24, 2.45) is 53.3 Å². The Morgan fingerprint density at radius 2 is 1.01 bits per heavy atom. The summed E-state index contributed by atoms with van der Waals surface area (Å²) in [6.45, 7) is 32.3. The van der Waals surface area contributed by atoms with Crippen LogP contribution in [0.5, 0.6) is 0 Å². The Morgan fingerprint density at radius 3 is 1.32 bits per heavy atom. The first kappa shape index (κ1) is 90.5. The summed E-state index contributed by atoms with van der Waals surface area (Å²) >= 11 is 22.6. The molecule has 6 aromatic rings. The quantitative estimate of drug-likeness (QED) is 0.0148. The molecule has 11 atom stereocenters. The summed E-state index contributed by atoms with van der Waals surface area (Å²) in [4.78, 5) is 77.4.